The van der Waals surface area contributed by atoms with Crippen LogP contribution in [-0.4, -0.2) is 48.8 Å². The molecule has 1 fully saturated rings. The second-order valence-corrected chi connectivity index (χ2v) is 6.56. The smallest absolute Gasteiger partial charge is 0.270 e. The number of hydrogen-bond acceptors (Lipinski definition) is 6. The summed E-state index contributed by atoms with van der Waals surface area (Å²) in [4.78, 5) is 21.0. The van der Waals surface area contributed by atoms with Crippen LogP contribution in [0, 0.1) is 6.92 Å². The molecule has 7 heteroatoms. The monoisotopic (exact) mass is 370 g/mol. The average molecular weight is 370 g/mol. The Morgan fingerprint density at radius 1 is 1.30 bits per heavy atom. The highest BCUT2D eigenvalue weighted by Gasteiger charge is 2.17. The maximum absolute atomic E-state index is 12.4. The summed E-state index contributed by atoms with van der Waals surface area (Å²) in [5.41, 5.74) is 1.57. The van der Waals surface area contributed by atoms with Crippen molar-refractivity contribution in [3.05, 3.63) is 47.4 Å². The average Bonchev–Trinajstić information content (AvgIpc) is 3.20. The van der Waals surface area contributed by atoms with Crippen molar-refractivity contribution in [2.45, 2.75) is 32.3 Å². The molecule has 3 rings (SSSR count). The number of anilines is 1. The third-order valence-corrected chi connectivity index (χ3v) is 4.46. The molecular formula is C20H26N4O3. The standard InChI is InChI=1S/C20H26N4O3/c1-14-23-18(20(25)22-13-17-4-3-11-27-17)12-19(24-14)21-10-9-15-5-7-16(26-2)8-6-15/h5-8,12,17H,3-4,9-11,13H2,1-2H3,(H,22,25)(H,21,23,24). The highest BCUT2D eigenvalue weighted by molar-refractivity contribution is 5.92. The van der Waals surface area contributed by atoms with Gasteiger partial charge in [-0.05, 0) is 43.9 Å². The van der Waals surface area contributed by atoms with Crippen LogP contribution in [0.1, 0.15) is 34.7 Å². The maximum Gasteiger partial charge on any atom is 0.270 e. The topological polar surface area (TPSA) is 85.4 Å². The lowest BCUT2D eigenvalue weighted by molar-refractivity contribution is 0.0853. The Balaban J connectivity index is 1.53. The van der Waals surface area contributed by atoms with E-state index in [0.29, 0.717) is 30.4 Å². The van der Waals surface area contributed by atoms with Gasteiger partial charge in [-0.15, -0.1) is 0 Å². The van der Waals surface area contributed by atoms with Crippen molar-refractivity contribution in [1.82, 2.24) is 15.3 Å². The number of benzene rings is 1. The summed E-state index contributed by atoms with van der Waals surface area (Å²) >= 11 is 0. The van der Waals surface area contributed by atoms with E-state index in [1.807, 2.05) is 24.3 Å². The number of hydrogen-bond donors (Lipinski definition) is 2. The van der Waals surface area contributed by atoms with E-state index in [9.17, 15) is 4.79 Å². The molecule has 1 atom stereocenters. The third-order valence-electron chi connectivity index (χ3n) is 4.46. The van der Waals surface area contributed by atoms with Gasteiger partial charge in [-0.2, -0.15) is 0 Å². The Morgan fingerprint density at radius 2 is 2.11 bits per heavy atom. The van der Waals surface area contributed by atoms with Crippen molar-refractivity contribution in [2.75, 3.05) is 32.1 Å². The number of aromatic nitrogens is 2. The first-order valence-corrected chi connectivity index (χ1v) is 9.26. The van der Waals surface area contributed by atoms with Gasteiger partial charge in [0.05, 0.1) is 13.2 Å². The fraction of sp³-hybridized carbons (Fsp3) is 0.450. The Morgan fingerprint density at radius 3 is 2.81 bits per heavy atom. The molecule has 1 saturated heterocycles. The van der Waals surface area contributed by atoms with Gasteiger partial charge in [0.15, 0.2) is 0 Å². The van der Waals surface area contributed by atoms with Gasteiger partial charge in [-0.3, -0.25) is 4.79 Å². The Hall–Kier alpha value is -2.67. The molecule has 0 saturated carbocycles. The molecule has 2 N–H and O–H groups in total. The third kappa shape index (κ3) is 5.65. The van der Waals surface area contributed by atoms with Crippen LogP contribution < -0.4 is 15.4 Å². The van der Waals surface area contributed by atoms with Crippen molar-refractivity contribution >= 4 is 11.7 Å². The number of aryl methyl sites for hydroxylation is 1. The molecule has 1 amide bonds. The van der Waals surface area contributed by atoms with E-state index in [1.54, 1.807) is 20.1 Å². The van der Waals surface area contributed by atoms with Crippen LogP contribution in [0.4, 0.5) is 5.82 Å². The van der Waals surface area contributed by atoms with E-state index in [2.05, 4.69) is 20.6 Å². The summed E-state index contributed by atoms with van der Waals surface area (Å²) in [5, 5.41) is 6.16. The zero-order valence-corrected chi connectivity index (χ0v) is 15.8. The lowest BCUT2D eigenvalue weighted by Crippen LogP contribution is -2.32. The molecular weight excluding hydrogens is 344 g/mol. The van der Waals surface area contributed by atoms with E-state index in [4.69, 9.17) is 9.47 Å². The maximum atomic E-state index is 12.4. The first-order valence-electron chi connectivity index (χ1n) is 9.26. The lowest BCUT2D eigenvalue weighted by Gasteiger charge is -2.12. The molecule has 1 aliphatic heterocycles. The number of ether oxygens (including phenoxy) is 2. The zero-order chi connectivity index (χ0) is 19.1. The van der Waals surface area contributed by atoms with Crippen LogP contribution >= 0.6 is 0 Å². The van der Waals surface area contributed by atoms with E-state index >= 15 is 0 Å². The SMILES string of the molecule is COc1ccc(CCNc2cc(C(=O)NCC3CCCO3)nc(C)n2)cc1. The molecule has 0 bridgehead atoms. The molecule has 7 nitrogen and oxygen atoms in total. The van der Waals surface area contributed by atoms with Crippen LogP contribution in [0.3, 0.4) is 0 Å². The number of nitrogens with one attached hydrogen (secondary N) is 2. The van der Waals surface area contributed by atoms with Crippen LogP contribution in [0.15, 0.2) is 30.3 Å². The molecule has 1 aromatic heterocycles. The summed E-state index contributed by atoms with van der Waals surface area (Å²) in [6, 6.07) is 9.65. The Bertz CT molecular complexity index is 758. The van der Waals surface area contributed by atoms with E-state index < -0.39 is 0 Å². The molecule has 0 aliphatic carbocycles. The van der Waals surface area contributed by atoms with Gasteiger partial charge in [0.2, 0.25) is 0 Å². The molecule has 0 radical (unpaired) electrons. The van der Waals surface area contributed by atoms with E-state index in [0.717, 1.165) is 31.6 Å². The fourth-order valence-corrected chi connectivity index (χ4v) is 3.00. The second kappa shape index (κ2) is 9.32. The highest BCUT2D eigenvalue weighted by Crippen LogP contribution is 2.13. The number of rotatable bonds is 8. The van der Waals surface area contributed by atoms with Crippen LogP contribution in [0.5, 0.6) is 5.75 Å². The summed E-state index contributed by atoms with van der Waals surface area (Å²) < 4.78 is 10.7. The van der Waals surface area contributed by atoms with Gasteiger partial charge in [0.25, 0.3) is 5.91 Å². The highest BCUT2D eigenvalue weighted by atomic mass is 16.5. The number of carbonyl (C=O) groups excluding carboxylic acids is 1. The van der Waals surface area contributed by atoms with Gasteiger partial charge in [0.1, 0.15) is 23.1 Å². The molecule has 1 aromatic carbocycles. The Labute approximate surface area is 159 Å². The summed E-state index contributed by atoms with van der Waals surface area (Å²) in [6.45, 7) is 3.78. The van der Waals surface area contributed by atoms with E-state index in [1.165, 1.54) is 5.56 Å². The second-order valence-electron chi connectivity index (χ2n) is 6.56. The summed E-state index contributed by atoms with van der Waals surface area (Å²) in [7, 11) is 1.66. The van der Waals surface area contributed by atoms with Gasteiger partial charge >= 0.3 is 0 Å². The summed E-state index contributed by atoms with van der Waals surface area (Å²) in [5.74, 6) is 1.86. The molecule has 0 spiro atoms. The van der Waals surface area contributed by atoms with Crippen molar-refractivity contribution in [1.29, 1.82) is 0 Å². The number of methoxy groups -OCH3 is 1. The van der Waals surface area contributed by atoms with Crippen molar-refractivity contribution in [3.63, 3.8) is 0 Å². The molecule has 2 aromatic rings. The number of carbonyl (C=O) groups is 1. The lowest BCUT2D eigenvalue weighted by atomic mass is 10.1. The first kappa shape index (κ1) is 19.1. The van der Waals surface area contributed by atoms with E-state index in [-0.39, 0.29) is 12.0 Å². The van der Waals surface area contributed by atoms with Crippen LogP contribution in [0.2, 0.25) is 0 Å². The molecule has 1 aliphatic rings. The van der Waals surface area contributed by atoms with Gasteiger partial charge in [0, 0.05) is 25.8 Å². The molecule has 2 heterocycles. The predicted molar refractivity (Wildman–Crippen MR) is 103 cm³/mol. The first-order chi connectivity index (χ1) is 13.1. The predicted octanol–water partition coefficient (Wildman–Crippen LogP) is 2.36. The van der Waals surface area contributed by atoms with Crippen molar-refractivity contribution < 1.29 is 14.3 Å². The van der Waals surface area contributed by atoms with Gasteiger partial charge in [-0.1, -0.05) is 12.1 Å². The molecule has 144 valence electrons. The number of amides is 1. The van der Waals surface area contributed by atoms with Crippen LogP contribution in [0.25, 0.3) is 0 Å². The normalized spacial score (nSPS) is 16.1. The zero-order valence-electron chi connectivity index (χ0n) is 15.8. The minimum absolute atomic E-state index is 0.110. The Kier molecular flexibility index (Phi) is 6.59. The molecule has 1 unspecified atom stereocenters. The minimum atomic E-state index is -0.200. The van der Waals surface area contributed by atoms with Gasteiger partial charge < -0.3 is 20.1 Å². The van der Waals surface area contributed by atoms with Crippen molar-refractivity contribution in [3.8, 4) is 5.75 Å². The molecule has 27 heavy (non-hydrogen) atoms. The quantitative estimate of drug-likeness (QED) is 0.742. The van der Waals surface area contributed by atoms with Crippen molar-refractivity contribution in [2.24, 2.45) is 0 Å². The van der Waals surface area contributed by atoms with Gasteiger partial charge in [-0.25, -0.2) is 9.97 Å². The van der Waals surface area contributed by atoms with Crippen LogP contribution in [-0.2, 0) is 11.2 Å². The minimum Gasteiger partial charge on any atom is -0.497 e. The summed E-state index contributed by atoms with van der Waals surface area (Å²) in [6.07, 6.45) is 2.99. The number of nitrogens with zero attached hydrogens (tertiary/aromatic N) is 2. The largest absolute Gasteiger partial charge is 0.497 e. The fourth-order valence-electron chi connectivity index (χ4n) is 3.00.